The van der Waals surface area contributed by atoms with Crippen molar-refractivity contribution in [3.8, 4) is 11.1 Å². The Hall–Kier alpha value is -2.04. The summed E-state index contributed by atoms with van der Waals surface area (Å²) in [5.74, 6) is 0.892. The number of hydrogen-bond donors (Lipinski definition) is 0. The molecule has 2 aromatic rings. The monoisotopic (exact) mass is 618 g/mol. The summed E-state index contributed by atoms with van der Waals surface area (Å²) in [5, 5.41) is 0. The predicted molar refractivity (Wildman–Crippen MR) is 157 cm³/mol. The highest BCUT2D eigenvalue weighted by molar-refractivity contribution is 9.18. The Morgan fingerprint density at radius 3 is 2.11 bits per heavy atom. The van der Waals surface area contributed by atoms with Gasteiger partial charge in [-0.15, -0.1) is 0 Å². The molecular weight excluding hydrogens is 588 g/mol. The van der Waals surface area contributed by atoms with Crippen molar-refractivity contribution in [1.29, 1.82) is 0 Å². The van der Waals surface area contributed by atoms with Crippen LogP contribution in [0.2, 0.25) is 0 Å². The quantitative estimate of drug-likeness (QED) is 0.218. The first-order valence-corrected chi connectivity index (χ1v) is 15.2. The summed E-state index contributed by atoms with van der Waals surface area (Å²) in [6.45, 7) is 0. The third-order valence-corrected chi connectivity index (χ3v) is 10.3. The Morgan fingerprint density at radius 1 is 0.811 bits per heavy atom. The normalized spacial score (nSPS) is 26.4. The third-order valence-electron chi connectivity index (χ3n) is 9.49. The van der Waals surface area contributed by atoms with E-state index < -0.39 is 0 Å². The molecule has 2 aromatic carbocycles. The van der Waals surface area contributed by atoms with Crippen LogP contribution >= 0.6 is 31.9 Å². The van der Waals surface area contributed by atoms with Gasteiger partial charge in [-0.3, -0.25) is 9.59 Å². The van der Waals surface area contributed by atoms with Gasteiger partial charge in [0.15, 0.2) is 9.39 Å². The third kappa shape index (κ3) is 4.10. The van der Waals surface area contributed by atoms with Crippen LogP contribution in [0.1, 0.15) is 68.9 Å². The molecule has 0 bridgehead atoms. The highest BCUT2D eigenvalue weighted by atomic mass is 79.9. The summed E-state index contributed by atoms with van der Waals surface area (Å²) >= 11 is 6.52. The fourth-order valence-corrected chi connectivity index (χ4v) is 8.60. The number of hydrogen-bond acceptors (Lipinski definition) is 2. The maximum Gasteiger partial charge on any atom is 0.197 e. The molecule has 2 unspecified atom stereocenters. The minimum atomic E-state index is -0.296. The molecule has 3 atom stereocenters. The Balaban J connectivity index is 1.59. The fourth-order valence-electron chi connectivity index (χ4n) is 8.20. The van der Waals surface area contributed by atoms with Gasteiger partial charge < -0.3 is 0 Å². The number of fused-ring (bicyclic) bond motifs is 6. The largest absolute Gasteiger partial charge is 0.287 e. The lowest BCUT2D eigenvalue weighted by Crippen LogP contribution is -2.39. The van der Waals surface area contributed by atoms with Gasteiger partial charge in [-0.1, -0.05) is 72.8 Å². The molecule has 4 heteroatoms. The van der Waals surface area contributed by atoms with Gasteiger partial charge in [-0.2, -0.15) is 0 Å². The summed E-state index contributed by atoms with van der Waals surface area (Å²) < 4.78 is 0.131. The van der Waals surface area contributed by atoms with Gasteiger partial charge >= 0.3 is 0 Å². The van der Waals surface area contributed by atoms with Crippen molar-refractivity contribution in [3.63, 3.8) is 0 Å². The molecule has 190 valence electrons. The smallest absolute Gasteiger partial charge is 0.197 e. The van der Waals surface area contributed by atoms with E-state index in [2.05, 4.69) is 105 Å². The molecule has 0 heterocycles. The van der Waals surface area contributed by atoms with Crippen molar-refractivity contribution in [1.82, 2.24) is 0 Å². The Morgan fingerprint density at radius 2 is 1.43 bits per heavy atom. The zero-order valence-corrected chi connectivity index (χ0v) is 24.2. The zero-order valence-electron chi connectivity index (χ0n) is 21.0. The maximum absolute atomic E-state index is 12.4. The van der Waals surface area contributed by atoms with Crippen LogP contribution in [-0.4, -0.2) is 9.39 Å². The van der Waals surface area contributed by atoms with Crippen molar-refractivity contribution < 1.29 is 9.59 Å². The molecule has 4 aliphatic rings. The molecule has 2 nitrogen and oxygen atoms in total. The van der Waals surface area contributed by atoms with Crippen LogP contribution in [0.15, 0.2) is 84.0 Å². The number of carbonyl (C=O) groups is 2. The minimum absolute atomic E-state index is 0.0535. The van der Waals surface area contributed by atoms with Gasteiger partial charge in [-0.05, 0) is 122 Å². The molecule has 0 N–H and O–H groups in total. The molecule has 0 amide bonds. The average molecular weight is 620 g/mol. The van der Waals surface area contributed by atoms with Gasteiger partial charge in [0, 0.05) is 23.7 Å². The van der Waals surface area contributed by atoms with Gasteiger partial charge in [0.05, 0.1) is 0 Å². The van der Waals surface area contributed by atoms with Crippen LogP contribution in [0.4, 0.5) is 0 Å². The summed E-state index contributed by atoms with van der Waals surface area (Å²) in [6, 6.07) is 17.6. The molecule has 0 aliphatic heterocycles. The van der Waals surface area contributed by atoms with E-state index in [0.29, 0.717) is 24.7 Å². The molecule has 37 heavy (non-hydrogen) atoms. The lowest BCUT2D eigenvalue weighted by Gasteiger charge is -2.46. The predicted octanol–water partition coefficient (Wildman–Crippen LogP) is 8.98. The number of rotatable bonds is 8. The van der Waals surface area contributed by atoms with Crippen molar-refractivity contribution in [2.75, 3.05) is 0 Å². The maximum atomic E-state index is 12.4. The summed E-state index contributed by atoms with van der Waals surface area (Å²) in [7, 11) is 0. The Labute approximate surface area is 236 Å². The molecule has 4 aliphatic carbocycles. The Kier molecular flexibility index (Phi) is 6.77. The van der Waals surface area contributed by atoms with Gasteiger partial charge in [0.1, 0.15) is 0 Å². The van der Waals surface area contributed by atoms with E-state index in [1.54, 1.807) is 0 Å². The second-order valence-electron chi connectivity index (χ2n) is 11.2. The second-order valence-corrected chi connectivity index (χ2v) is 13.0. The van der Waals surface area contributed by atoms with E-state index in [0.717, 1.165) is 38.5 Å². The lowest BCUT2D eigenvalue weighted by molar-refractivity contribution is -0.111. The molecule has 1 fully saturated rings. The SMILES string of the molecule is O=C(Br)CCC1(C[C@]2(CCC(=O)Br)C3=CCCC=C3C3CCC=CC32)c2ccccc2-c2ccccc21. The van der Waals surface area contributed by atoms with Crippen LogP contribution in [-0.2, 0) is 15.0 Å². The van der Waals surface area contributed by atoms with E-state index in [4.69, 9.17) is 0 Å². The first kappa shape index (κ1) is 25.2. The van der Waals surface area contributed by atoms with Crippen molar-refractivity contribution >= 4 is 41.2 Å². The van der Waals surface area contributed by atoms with E-state index in [1.807, 2.05) is 0 Å². The van der Waals surface area contributed by atoms with Crippen LogP contribution in [0.25, 0.3) is 11.1 Å². The van der Waals surface area contributed by atoms with Crippen LogP contribution in [0.3, 0.4) is 0 Å². The molecule has 0 spiro atoms. The highest BCUT2D eigenvalue weighted by Gasteiger charge is 2.58. The van der Waals surface area contributed by atoms with E-state index in [-0.39, 0.29) is 20.2 Å². The van der Waals surface area contributed by atoms with E-state index in [9.17, 15) is 9.59 Å². The highest BCUT2D eigenvalue weighted by Crippen LogP contribution is 2.67. The summed E-state index contributed by atoms with van der Waals surface area (Å²) in [6.07, 6.45) is 17.8. The Bertz CT molecular complexity index is 1300. The minimum Gasteiger partial charge on any atom is -0.287 e. The standard InChI is InChI=1S/C33H32Br2O2/c34-30(36)17-19-32(26-13-5-1-9-22(26)23-10-2-6-14-27(23)32)21-33(20-18-31(35)37)28-15-7-3-11-24(28)25-12-4-8-16-29(25)33/h1-2,5-7,9-10,12-16,24,28H,3-4,8,11,17-21H2/t24?,28?,33-/m0/s1. The molecule has 0 saturated heterocycles. The van der Waals surface area contributed by atoms with Gasteiger partial charge in [0.25, 0.3) is 0 Å². The molecule has 0 radical (unpaired) electrons. The van der Waals surface area contributed by atoms with Crippen molar-refractivity contribution in [2.24, 2.45) is 17.3 Å². The number of carbonyl (C=O) groups excluding carboxylic acids is 2. The number of benzene rings is 2. The first-order chi connectivity index (χ1) is 18.0. The molecule has 0 aromatic heterocycles. The lowest BCUT2D eigenvalue weighted by atomic mass is 9.57. The zero-order chi connectivity index (χ0) is 25.6. The topological polar surface area (TPSA) is 34.1 Å². The average Bonchev–Trinajstić information content (AvgIpc) is 3.35. The molecule has 6 rings (SSSR count). The first-order valence-electron chi connectivity index (χ1n) is 13.6. The number of allylic oxidation sites excluding steroid dienone is 6. The molecular formula is C33H32Br2O2. The molecule has 1 saturated carbocycles. The van der Waals surface area contributed by atoms with Crippen molar-refractivity contribution in [3.05, 3.63) is 95.1 Å². The summed E-state index contributed by atoms with van der Waals surface area (Å²) in [5.41, 5.74) is 7.81. The fraction of sp³-hybridized carbons (Fsp3) is 0.394. The van der Waals surface area contributed by atoms with Crippen molar-refractivity contribution in [2.45, 2.75) is 63.2 Å². The van der Waals surface area contributed by atoms with Crippen LogP contribution in [0, 0.1) is 17.3 Å². The van der Waals surface area contributed by atoms with E-state index in [1.165, 1.54) is 39.8 Å². The number of halogens is 2. The van der Waals surface area contributed by atoms with E-state index >= 15 is 0 Å². The van der Waals surface area contributed by atoms with Gasteiger partial charge in [0.2, 0.25) is 0 Å². The second kappa shape index (κ2) is 9.93. The summed E-state index contributed by atoms with van der Waals surface area (Å²) in [4.78, 5) is 24.8. The van der Waals surface area contributed by atoms with Crippen LogP contribution < -0.4 is 0 Å². The van der Waals surface area contributed by atoms with Crippen LogP contribution in [0.5, 0.6) is 0 Å². The van der Waals surface area contributed by atoms with Gasteiger partial charge in [-0.25, -0.2) is 0 Å².